The normalized spacial score (nSPS) is 12.5. The minimum Gasteiger partial charge on any atom is -0.457 e. The van der Waals surface area contributed by atoms with Gasteiger partial charge in [0.15, 0.2) is 0 Å². The Hall–Kier alpha value is -3.85. The number of amides is 3. The maximum absolute atomic E-state index is 12.9. The third-order valence-corrected chi connectivity index (χ3v) is 6.40. The molecule has 4 rings (SSSR count). The van der Waals surface area contributed by atoms with E-state index in [0.29, 0.717) is 47.1 Å². The van der Waals surface area contributed by atoms with Crippen LogP contribution in [-0.2, 0) is 17.7 Å². The molecule has 1 aromatic heterocycles. The van der Waals surface area contributed by atoms with Crippen LogP contribution < -0.4 is 15.4 Å². The second-order valence-electron chi connectivity index (χ2n) is 7.32. The Labute approximate surface area is 195 Å². The highest BCUT2D eigenvalue weighted by Crippen LogP contribution is 2.37. The zero-order valence-electron chi connectivity index (χ0n) is 18.2. The molecule has 1 aliphatic heterocycles. The van der Waals surface area contributed by atoms with Crippen LogP contribution >= 0.6 is 11.3 Å². The molecule has 9 heteroatoms. The summed E-state index contributed by atoms with van der Waals surface area (Å²) in [6.07, 6.45) is 0.0874. The number of para-hydroxylation sites is 1. The van der Waals surface area contributed by atoms with Gasteiger partial charge in [0.1, 0.15) is 16.5 Å². The maximum Gasteiger partial charge on any atom is 0.409 e. The van der Waals surface area contributed by atoms with E-state index in [9.17, 15) is 14.4 Å². The minimum atomic E-state index is -0.418. The molecule has 0 fully saturated rings. The van der Waals surface area contributed by atoms with Crippen LogP contribution in [0.1, 0.15) is 31.2 Å². The van der Waals surface area contributed by atoms with Gasteiger partial charge in [-0.1, -0.05) is 18.2 Å². The van der Waals surface area contributed by atoms with Gasteiger partial charge in [0.2, 0.25) is 0 Å². The van der Waals surface area contributed by atoms with Gasteiger partial charge >= 0.3 is 6.09 Å². The molecule has 0 saturated heterocycles. The van der Waals surface area contributed by atoms with Crippen LogP contribution in [-0.4, -0.2) is 43.5 Å². The van der Waals surface area contributed by atoms with E-state index in [4.69, 9.17) is 9.47 Å². The zero-order valence-corrected chi connectivity index (χ0v) is 19.0. The summed E-state index contributed by atoms with van der Waals surface area (Å²) < 4.78 is 10.6. The molecule has 0 unspecified atom stereocenters. The zero-order chi connectivity index (χ0) is 23.4. The van der Waals surface area contributed by atoms with Gasteiger partial charge in [-0.05, 0) is 48.4 Å². The standard InChI is InChI=1S/C24H23N3O5S/c1-25-22(29)20-18-12-13-27(24(30)31-2)14-19(18)33-23(20)26-21(28)15-8-10-17(11-9-15)32-16-6-4-3-5-7-16/h3-11H,12-14H2,1-2H3,(H,25,29)(H,26,28). The number of nitrogens with one attached hydrogen (secondary N) is 2. The Bertz CT molecular complexity index is 1170. The molecule has 8 nitrogen and oxygen atoms in total. The molecule has 0 atom stereocenters. The third-order valence-electron chi connectivity index (χ3n) is 5.27. The first-order chi connectivity index (χ1) is 16.0. The van der Waals surface area contributed by atoms with E-state index < -0.39 is 6.09 Å². The first-order valence-electron chi connectivity index (χ1n) is 10.3. The van der Waals surface area contributed by atoms with E-state index in [1.54, 1.807) is 36.2 Å². The Morgan fingerprint density at radius 2 is 1.67 bits per heavy atom. The molecular formula is C24H23N3O5S. The van der Waals surface area contributed by atoms with Crippen LogP contribution in [0.15, 0.2) is 54.6 Å². The number of rotatable bonds is 5. The van der Waals surface area contributed by atoms with Gasteiger partial charge in [-0.25, -0.2) is 4.79 Å². The number of hydrogen-bond acceptors (Lipinski definition) is 6. The first kappa shape index (κ1) is 22.3. The van der Waals surface area contributed by atoms with Crippen molar-refractivity contribution in [3.63, 3.8) is 0 Å². The van der Waals surface area contributed by atoms with Crippen molar-refractivity contribution in [2.75, 3.05) is 26.0 Å². The lowest BCUT2D eigenvalue weighted by molar-refractivity contribution is 0.0962. The number of carbonyl (C=O) groups is 3. The summed E-state index contributed by atoms with van der Waals surface area (Å²) in [6.45, 7) is 0.773. The molecular weight excluding hydrogens is 442 g/mol. The molecule has 0 saturated carbocycles. The van der Waals surface area contributed by atoms with Crippen LogP contribution in [0, 0.1) is 0 Å². The molecule has 0 radical (unpaired) electrons. The predicted molar refractivity (Wildman–Crippen MR) is 125 cm³/mol. The average Bonchev–Trinajstić information content (AvgIpc) is 3.21. The number of benzene rings is 2. The number of hydrogen-bond donors (Lipinski definition) is 2. The molecule has 2 aromatic carbocycles. The van der Waals surface area contributed by atoms with Crippen molar-refractivity contribution in [3.05, 3.63) is 76.2 Å². The van der Waals surface area contributed by atoms with Gasteiger partial charge in [-0.15, -0.1) is 11.3 Å². The monoisotopic (exact) mass is 465 g/mol. The highest BCUT2D eigenvalue weighted by atomic mass is 32.1. The van der Waals surface area contributed by atoms with Crippen LogP contribution in [0.4, 0.5) is 9.80 Å². The van der Waals surface area contributed by atoms with Crippen LogP contribution in [0.25, 0.3) is 0 Å². The van der Waals surface area contributed by atoms with Crippen molar-refractivity contribution in [3.8, 4) is 11.5 Å². The van der Waals surface area contributed by atoms with E-state index in [2.05, 4.69) is 10.6 Å². The number of methoxy groups -OCH3 is 1. The van der Waals surface area contributed by atoms with Gasteiger partial charge < -0.3 is 25.0 Å². The summed E-state index contributed by atoms with van der Waals surface area (Å²) in [6, 6.07) is 16.1. The fourth-order valence-corrected chi connectivity index (χ4v) is 4.87. The highest BCUT2D eigenvalue weighted by Gasteiger charge is 2.30. The Balaban J connectivity index is 1.53. The largest absolute Gasteiger partial charge is 0.457 e. The minimum absolute atomic E-state index is 0.277. The lowest BCUT2D eigenvalue weighted by atomic mass is 10.0. The van der Waals surface area contributed by atoms with Gasteiger partial charge in [0.25, 0.3) is 11.8 Å². The van der Waals surface area contributed by atoms with Gasteiger partial charge in [0.05, 0.1) is 19.2 Å². The van der Waals surface area contributed by atoms with Crippen molar-refractivity contribution < 1.29 is 23.9 Å². The summed E-state index contributed by atoms with van der Waals surface area (Å²) in [5, 5.41) is 5.97. The molecule has 170 valence electrons. The van der Waals surface area contributed by atoms with Crippen molar-refractivity contribution in [2.24, 2.45) is 0 Å². The van der Waals surface area contributed by atoms with E-state index in [0.717, 1.165) is 10.4 Å². The van der Waals surface area contributed by atoms with Crippen molar-refractivity contribution >= 4 is 34.2 Å². The second kappa shape index (κ2) is 9.74. The Kier molecular flexibility index (Phi) is 6.60. The first-order valence-corrected chi connectivity index (χ1v) is 11.2. The average molecular weight is 466 g/mol. The molecule has 0 aliphatic carbocycles. The quantitative estimate of drug-likeness (QED) is 0.586. The maximum atomic E-state index is 12.9. The molecule has 0 spiro atoms. The topological polar surface area (TPSA) is 97.0 Å². The summed E-state index contributed by atoms with van der Waals surface area (Å²) in [5.41, 5.74) is 1.72. The van der Waals surface area contributed by atoms with E-state index in [-0.39, 0.29) is 11.8 Å². The third kappa shape index (κ3) is 4.83. The van der Waals surface area contributed by atoms with Crippen LogP contribution in [0.5, 0.6) is 11.5 Å². The van der Waals surface area contributed by atoms with E-state index in [1.165, 1.54) is 18.4 Å². The molecule has 3 amide bonds. The number of carbonyl (C=O) groups excluding carboxylic acids is 3. The lowest BCUT2D eigenvalue weighted by Crippen LogP contribution is -2.35. The van der Waals surface area contributed by atoms with E-state index in [1.807, 2.05) is 30.3 Å². The predicted octanol–water partition coefficient (Wildman–Crippen LogP) is 4.28. The SMILES string of the molecule is CNC(=O)c1c(NC(=O)c2ccc(Oc3ccccc3)cc2)sc2c1CCN(C(=O)OC)C2. The highest BCUT2D eigenvalue weighted by molar-refractivity contribution is 7.17. The Morgan fingerprint density at radius 1 is 0.970 bits per heavy atom. The van der Waals surface area contributed by atoms with Gasteiger partial charge in [-0.2, -0.15) is 0 Å². The second-order valence-corrected chi connectivity index (χ2v) is 8.43. The van der Waals surface area contributed by atoms with Crippen molar-refractivity contribution in [1.82, 2.24) is 10.2 Å². The van der Waals surface area contributed by atoms with Gasteiger partial charge in [0, 0.05) is 24.0 Å². The Morgan fingerprint density at radius 3 is 2.33 bits per heavy atom. The smallest absolute Gasteiger partial charge is 0.409 e. The molecule has 33 heavy (non-hydrogen) atoms. The number of thiophene rings is 1. The molecule has 0 bridgehead atoms. The molecule has 2 N–H and O–H groups in total. The summed E-state index contributed by atoms with van der Waals surface area (Å²) >= 11 is 1.30. The van der Waals surface area contributed by atoms with Crippen LogP contribution in [0.3, 0.4) is 0 Å². The summed E-state index contributed by atoms with van der Waals surface area (Å²) in [5.74, 6) is 0.698. The number of nitrogens with zero attached hydrogens (tertiary/aromatic N) is 1. The van der Waals surface area contributed by atoms with Gasteiger partial charge in [-0.3, -0.25) is 9.59 Å². The van der Waals surface area contributed by atoms with Crippen molar-refractivity contribution in [1.29, 1.82) is 0 Å². The molecule has 1 aliphatic rings. The molecule has 3 aromatic rings. The molecule has 2 heterocycles. The number of ether oxygens (including phenoxy) is 2. The fraction of sp³-hybridized carbons (Fsp3) is 0.208. The summed E-state index contributed by atoms with van der Waals surface area (Å²) in [4.78, 5) is 39.9. The van der Waals surface area contributed by atoms with Crippen molar-refractivity contribution in [2.45, 2.75) is 13.0 Å². The number of anilines is 1. The summed E-state index contributed by atoms with van der Waals surface area (Å²) in [7, 11) is 2.89. The fourth-order valence-electron chi connectivity index (χ4n) is 3.62. The lowest BCUT2D eigenvalue weighted by Gasteiger charge is -2.25. The number of fused-ring (bicyclic) bond motifs is 1. The van der Waals surface area contributed by atoms with E-state index >= 15 is 0 Å². The van der Waals surface area contributed by atoms with Crippen LogP contribution in [0.2, 0.25) is 0 Å².